The second-order valence-electron chi connectivity index (χ2n) is 11.5. The van der Waals surface area contributed by atoms with Gasteiger partial charge in [-0.2, -0.15) is 0 Å². The minimum Gasteiger partial charge on any atom is -0.466 e. The van der Waals surface area contributed by atoms with Crippen LogP contribution in [0.25, 0.3) is 0 Å². The second kappa shape index (κ2) is 17.6. The minimum absolute atomic E-state index is 0.0285. The molecule has 0 heterocycles. The number of ether oxygens (including phenoxy) is 2. The van der Waals surface area contributed by atoms with E-state index in [4.69, 9.17) is 9.47 Å². The average molecular weight is 562 g/mol. The molecule has 1 aromatic rings. The van der Waals surface area contributed by atoms with E-state index >= 15 is 0 Å². The van der Waals surface area contributed by atoms with Gasteiger partial charge in [-0.15, -0.1) is 0 Å². The summed E-state index contributed by atoms with van der Waals surface area (Å²) in [6, 6.07) is 5.65. The molecule has 0 aliphatic rings. The fourth-order valence-corrected chi connectivity index (χ4v) is 4.38. The summed E-state index contributed by atoms with van der Waals surface area (Å²) < 4.78 is 10.4. The zero-order valence-corrected chi connectivity index (χ0v) is 25.8. The number of hydrogen-bond donors (Lipinski definition) is 2. The molecule has 2 atom stereocenters. The molecule has 9 heteroatoms. The Morgan fingerprint density at radius 2 is 1.68 bits per heavy atom. The molecule has 2 unspecified atom stereocenters. The summed E-state index contributed by atoms with van der Waals surface area (Å²) in [6.45, 7) is 15.7. The van der Waals surface area contributed by atoms with Gasteiger partial charge in [-0.05, 0) is 64.5 Å². The van der Waals surface area contributed by atoms with Crippen molar-refractivity contribution in [2.45, 2.75) is 112 Å². The van der Waals surface area contributed by atoms with Gasteiger partial charge in [0.2, 0.25) is 11.8 Å². The van der Waals surface area contributed by atoms with E-state index in [0.717, 1.165) is 24.8 Å². The lowest BCUT2D eigenvalue weighted by Crippen LogP contribution is -2.53. The van der Waals surface area contributed by atoms with Crippen molar-refractivity contribution in [3.63, 3.8) is 0 Å². The molecule has 0 fully saturated rings. The van der Waals surface area contributed by atoms with Crippen molar-refractivity contribution in [1.82, 2.24) is 15.5 Å². The third-order valence-electron chi connectivity index (χ3n) is 6.21. The largest absolute Gasteiger partial charge is 0.466 e. The summed E-state index contributed by atoms with van der Waals surface area (Å²) in [7, 11) is 0. The Morgan fingerprint density at radius 1 is 1.00 bits per heavy atom. The SMILES string of the molecule is CCCCCCN(C(=O)C(CC(C)C)NC(=O)OC(C)(C)C)C(C(=O)NCCC(=O)OCC)c1ccccc1C. The minimum atomic E-state index is -0.937. The lowest BCUT2D eigenvalue weighted by atomic mass is 9.96. The summed E-state index contributed by atoms with van der Waals surface area (Å²) in [5.41, 5.74) is 0.832. The van der Waals surface area contributed by atoms with Crippen LogP contribution in [0.15, 0.2) is 24.3 Å². The van der Waals surface area contributed by atoms with E-state index in [-0.39, 0.29) is 37.3 Å². The molecular formula is C31H51N3O6. The molecule has 2 N–H and O–H groups in total. The van der Waals surface area contributed by atoms with Crippen molar-refractivity contribution >= 4 is 23.9 Å². The number of alkyl carbamates (subject to hydrolysis) is 1. The van der Waals surface area contributed by atoms with Crippen LogP contribution >= 0.6 is 0 Å². The standard InChI is InChI=1S/C31H51N3O6/c1-9-11-12-15-20-34(29(37)25(21-22(3)4)33-30(38)40-31(6,7)8)27(24-17-14-13-16-23(24)5)28(36)32-19-18-26(35)39-10-2/h13-14,16-17,22,25,27H,9-12,15,18-21H2,1-8H3,(H,32,36)(H,33,38). The number of unbranched alkanes of at least 4 members (excludes halogenated alkanes) is 3. The molecule has 1 aromatic carbocycles. The highest BCUT2D eigenvalue weighted by Gasteiger charge is 2.36. The molecule has 0 spiro atoms. The van der Waals surface area contributed by atoms with Gasteiger partial charge in [0.25, 0.3) is 0 Å². The first-order valence-corrected chi connectivity index (χ1v) is 14.6. The third kappa shape index (κ3) is 12.8. The molecule has 0 aromatic heterocycles. The number of benzene rings is 1. The predicted octanol–water partition coefficient (Wildman–Crippen LogP) is 5.45. The van der Waals surface area contributed by atoms with Crippen LogP contribution in [0.4, 0.5) is 4.79 Å². The first-order chi connectivity index (χ1) is 18.8. The molecule has 3 amide bonds. The number of amides is 3. The van der Waals surface area contributed by atoms with E-state index in [1.165, 1.54) is 0 Å². The van der Waals surface area contributed by atoms with E-state index in [0.29, 0.717) is 24.9 Å². The summed E-state index contributed by atoms with van der Waals surface area (Å²) in [6.07, 6.45) is 3.38. The quantitative estimate of drug-likeness (QED) is 0.205. The lowest BCUT2D eigenvalue weighted by molar-refractivity contribution is -0.144. The fourth-order valence-electron chi connectivity index (χ4n) is 4.38. The van der Waals surface area contributed by atoms with Gasteiger partial charge < -0.3 is 25.0 Å². The van der Waals surface area contributed by atoms with Crippen LogP contribution in [0.2, 0.25) is 0 Å². The summed E-state index contributed by atoms with van der Waals surface area (Å²) in [5.74, 6) is -1.03. The molecule has 40 heavy (non-hydrogen) atoms. The topological polar surface area (TPSA) is 114 Å². The van der Waals surface area contributed by atoms with Crippen LogP contribution in [-0.4, -0.2) is 60.1 Å². The van der Waals surface area contributed by atoms with Crippen LogP contribution in [0.1, 0.15) is 104 Å². The third-order valence-corrected chi connectivity index (χ3v) is 6.21. The van der Waals surface area contributed by atoms with Crippen molar-refractivity contribution in [2.75, 3.05) is 19.7 Å². The molecule has 1 rings (SSSR count). The smallest absolute Gasteiger partial charge is 0.408 e. The Morgan fingerprint density at radius 3 is 2.25 bits per heavy atom. The number of aryl methyl sites for hydroxylation is 1. The van der Waals surface area contributed by atoms with Gasteiger partial charge in [-0.3, -0.25) is 14.4 Å². The number of rotatable bonds is 16. The summed E-state index contributed by atoms with van der Waals surface area (Å²) >= 11 is 0. The number of nitrogens with one attached hydrogen (secondary N) is 2. The number of hydrogen-bond acceptors (Lipinski definition) is 6. The van der Waals surface area contributed by atoms with Gasteiger partial charge >= 0.3 is 12.1 Å². The summed E-state index contributed by atoms with van der Waals surface area (Å²) in [5, 5.41) is 5.61. The normalized spacial score (nSPS) is 12.8. The Balaban J connectivity index is 3.45. The lowest BCUT2D eigenvalue weighted by Gasteiger charge is -2.35. The van der Waals surface area contributed by atoms with Crippen molar-refractivity contribution in [2.24, 2.45) is 5.92 Å². The first kappa shape index (κ1) is 34.9. The predicted molar refractivity (Wildman–Crippen MR) is 157 cm³/mol. The van der Waals surface area contributed by atoms with Crippen LogP contribution in [-0.2, 0) is 23.9 Å². The van der Waals surface area contributed by atoms with Crippen LogP contribution < -0.4 is 10.6 Å². The zero-order valence-electron chi connectivity index (χ0n) is 25.8. The summed E-state index contributed by atoms with van der Waals surface area (Å²) in [4.78, 5) is 54.2. The molecule has 0 bridgehead atoms. The molecule has 226 valence electrons. The Labute approximate surface area is 240 Å². The number of esters is 1. The number of nitrogens with zero attached hydrogens (tertiary/aromatic N) is 1. The highest BCUT2D eigenvalue weighted by atomic mass is 16.6. The van der Waals surface area contributed by atoms with Crippen molar-refractivity contribution in [1.29, 1.82) is 0 Å². The van der Waals surface area contributed by atoms with E-state index in [1.54, 1.807) is 32.6 Å². The van der Waals surface area contributed by atoms with E-state index in [1.807, 2.05) is 45.0 Å². The zero-order chi connectivity index (χ0) is 30.3. The Kier molecular flexibility index (Phi) is 15.3. The van der Waals surface area contributed by atoms with E-state index in [2.05, 4.69) is 17.6 Å². The van der Waals surface area contributed by atoms with E-state index in [9.17, 15) is 19.2 Å². The number of carbonyl (C=O) groups excluding carboxylic acids is 4. The highest BCUT2D eigenvalue weighted by molar-refractivity contribution is 5.92. The van der Waals surface area contributed by atoms with Crippen molar-refractivity contribution in [3.05, 3.63) is 35.4 Å². The van der Waals surface area contributed by atoms with Crippen molar-refractivity contribution < 1.29 is 28.7 Å². The second-order valence-corrected chi connectivity index (χ2v) is 11.5. The van der Waals surface area contributed by atoms with Gasteiger partial charge in [-0.1, -0.05) is 64.3 Å². The van der Waals surface area contributed by atoms with Gasteiger partial charge in [0.15, 0.2) is 0 Å². The van der Waals surface area contributed by atoms with E-state index < -0.39 is 29.7 Å². The Hall–Kier alpha value is -3.10. The van der Waals surface area contributed by atoms with Crippen molar-refractivity contribution in [3.8, 4) is 0 Å². The molecular weight excluding hydrogens is 510 g/mol. The van der Waals surface area contributed by atoms with Crippen LogP contribution in [0.5, 0.6) is 0 Å². The Bertz CT molecular complexity index is 957. The molecule has 0 saturated heterocycles. The number of carbonyl (C=O) groups is 4. The average Bonchev–Trinajstić information content (AvgIpc) is 2.84. The monoisotopic (exact) mass is 561 g/mol. The molecule has 0 saturated carbocycles. The maximum absolute atomic E-state index is 14.2. The van der Waals surface area contributed by atoms with Gasteiger partial charge in [-0.25, -0.2) is 4.79 Å². The molecule has 0 aliphatic heterocycles. The highest BCUT2D eigenvalue weighted by Crippen LogP contribution is 2.27. The fraction of sp³-hybridized carbons (Fsp3) is 0.677. The van der Waals surface area contributed by atoms with Gasteiger partial charge in [0.05, 0.1) is 13.0 Å². The van der Waals surface area contributed by atoms with Gasteiger partial charge in [0.1, 0.15) is 17.7 Å². The maximum Gasteiger partial charge on any atom is 0.408 e. The molecule has 0 radical (unpaired) electrons. The molecule has 9 nitrogen and oxygen atoms in total. The van der Waals surface area contributed by atoms with Gasteiger partial charge in [0, 0.05) is 13.1 Å². The maximum atomic E-state index is 14.2. The van der Waals surface area contributed by atoms with Crippen LogP contribution in [0.3, 0.4) is 0 Å². The van der Waals surface area contributed by atoms with Crippen LogP contribution in [0, 0.1) is 12.8 Å². The first-order valence-electron chi connectivity index (χ1n) is 14.6. The molecule has 0 aliphatic carbocycles.